The summed E-state index contributed by atoms with van der Waals surface area (Å²) in [6, 6.07) is 0.941. The van der Waals surface area contributed by atoms with Crippen molar-refractivity contribution in [3.8, 4) is 0 Å². The maximum Gasteiger partial charge on any atom is 0.0221 e. The van der Waals surface area contributed by atoms with Gasteiger partial charge in [0.1, 0.15) is 0 Å². The molecule has 0 aromatic rings. The van der Waals surface area contributed by atoms with Gasteiger partial charge in [-0.1, -0.05) is 27.7 Å². The van der Waals surface area contributed by atoms with E-state index in [9.17, 15) is 0 Å². The Hall–Kier alpha value is -0.120. The van der Waals surface area contributed by atoms with Gasteiger partial charge in [-0.05, 0) is 38.4 Å². The first-order chi connectivity index (χ1) is 7.84. The highest BCUT2D eigenvalue weighted by Gasteiger charge is 2.27. The molecule has 17 heavy (non-hydrogen) atoms. The third-order valence-electron chi connectivity index (χ3n) is 4.04. The lowest BCUT2D eigenvalue weighted by molar-refractivity contribution is 0.144. The SMILES string of the molecule is CCC1CN(C)CCCN1CC(N)C(C)(C)C. The standard InChI is InChI=1S/C14H31N3/c1-6-12-10-16(5)8-7-9-17(12)11-13(15)14(2,3)4/h12-13H,6-11,15H2,1-5H3. The zero-order valence-corrected chi connectivity index (χ0v) is 12.4. The van der Waals surface area contributed by atoms with Crippen LogP contribution in [-0.4, -0.2) is 55.1 Å². The van der Waals surface area contributed by atoms with E-state index in [1.54, 1.807) is 0 Å². The Bertz CT molecular complexity index is 222. The van der Waals surface area contributed by atoms with E-state index in [0.717, 1.165) is 6.54 Å². The van der Waals surface area contributed by atoms with Crippen molar-refractivity contribution in [1.82, 2.24) is 9.80 Å². The summed E-state index contributed by atoms with van der Waals surface area (Å²) in [6.07, 6.45) is 2.49. The molecule has 2 atom stereocenters. The van der Waals surface area contributed by atoms with Crippen LogP contribution in [0.5, 0.6) is 0 Å². The second-order valence-electron chi connectivity index (χ2n) is 6.65. The molecule has 1 saturated heterocycles. The van der Waals surface area contributed by atoms with Crippen molar-refractivity contribution >= 4 is 0 Å². The predicted octanol–water partition coefficient (Wildman–Crippen LogP) is 1.78. The normalized spacial score (nSPS) is 26.8. The topological polar surface area (TPSA) is 32.5 Å². The van der Waals surface area contributed by atoms with E-state index in [0.29, 0.717) is 6.04 Å². The molecule has 0 spiro atoms. The summed E-state index contributed by atoms with van der Waals surface area (Å²) >= 11 is 0. The smallest absolute Gasteiger partial charge is 0.0221 e. The van der Waals surface area contributed by atoms with Crippen LogP contribution in [0.15, 0.2) is 0 Å². The lowest BCUT2D eigenvalue weighted by Crippen LogP contribution is -2.50. The van der Waals surface area contributed by atoms with Gasteiger partial charge >= 0.3 is 0 Å². The van der Waals surface area contributed by atoms with Crippen LogP contribution in [0.2, 0.25) is 0 Å². The van der Waals surface area contributed by atoms with Crippen LogP contribution < -0.4 is 5.73 Å². The van der Waals surface area contributed by atoms with Crippen LogP contribution in [0, 0.1) is 5.41 Å². The molecule has 0 aromatic heterocycles. The summed E-state index contributed by atoms with van der Waals surface area (Å²) in [5.41, 5.74) is 6.53. The highest BCUT2D eigenvalue weighted by molar-refractivity contribution is 4.85. The van der Waals surface area contributed by atoms with Crippen LogP contribution in [0.1, 0.15) is 40.5 Å². The summed E-state index contributed by atoms with van der Waals surface area (Å²) in [7, 11) is 2.23. The van der Waals surface area contributed by atoms with Crippen molar-refractivity contribution in [3.63, 3.8) is 0 Å². The number of nitrogens with zero attached hydrogens (tertiary/aromatic N) is 2. The molecular formula is C14H31N3. The Morgan fingerprint density at radius 3 is 2.47 bits per heavy atom. The first-order valence-electron chi connectivity index (χ1n) is 7.02. The molecule has 3 heteroatoms. The molecule has 1 heterocycles. The van der Waals surface area contributed by atoms with Crippen molar-refractivity contribution in [1.29, 1.82) is 0 Å². The largest absolute Gasteiger partial charge is 0.326 e. The van der Waals surface area contributed by atoms with Gasteiger partial charge < -0.3 is 10.6 Å². The van der Waals surface area contributed by atoms with Crippen LogP contribution in [-0.2, 0) is 0 Å². The van der Waals surface area contributed by atoms with E-state index >= 15 is 0 Å². The fourth-order valence-corrected chi connectivity index (χ4v) is 2.45. The molecule has 0 bridgehead atoms. The van der Waals surface area contributed by atoms with Crippen molar-refractivity contribution in [2.24, 2.45) is 11.1 Å². The molecule has 0 saturated carbocycles. The van der Waals surface area contributed by atoms with Crippen LogP contribution >= 0.6 is 0 Å². The number of rotatable bonds is 3. The zero-order valence-electron chi connectivity index (χ0n) is 12.4. The van der Waals surface area contributed by atoms with Crippen molar-refractivity contribution < 1.29 is 0 Å². The van der Waals surface area contributed by atoms with Gasteiger partial charge in [-0.15, -0.1) is 0 Å². The minimum atomic E-state index is 0.205. The molecule has 0 aliphatic carbocycles. The average Bonchev–Trinajstić information content (AvgIpc) is 2.39. The van der Waals surface area contributed by atoms with Gasteiger partial charge in [-0.25, -0.2) is 0 Å². The van der Waals surface area contributed by atoms with Crippen molar-refractivity contribution in [2.45, 2.75) is 52.6 Å². The van der Waals surface area contributed by atoms with Gasteiger partial charge in [-0.2, -0.15) is 0 Å². The van der Waals surface area contributed by atoms with E-state index in [-0.39, 0.29) is 11.5 Å². The quantitative estimate of drug-likeness (QED) is 0.817. The minimum Gasteiger partial charge on any atom is -0.326 e. The fraction of sp³-hybridized carbons (Fsp3) is 1.00. The molecule has 0 aromatic carbocycles. The summed E-state index contributed by atoms with van der Waals surface area (Å²) in [4.78, 5) is 5.07. The van der Waals surface area contributed by atoms with E-state index in [1.165, 1.54) is 32.5 Å². The second-order valence-corrected chi connectivity index (χ2v) is 6.65. The molecule has 3 nitrogen and oxygen atoms in total. The molecule has 2 N–H and O–H groups in total. The molecule has 1 fully saturated rings. The molecule has 1 rings (SSSR count). The monoisotopic (exact) mass is 241 g/mol. The van der Waals surface area contributed by atoms with Gasteiger partial charge in [-0.3, -0.25) is 4.90 Å². The van der Waals surface area contributed by atoms with Crippen LogP contribution in [0.25, 0.3) is 0 Å². The Kier molecular flexibility index (Phi) is 5.42. The lowest BCUT2D eigenvalue weighted by Gasteiger charge is -2.36. The van der Waals surface area contributed by atoms with Gasteiger partial charge in [0.25, 0.3) is 0 Å². The Morgan fingerprint density at radius 1 is 1.29 bits per heavy atom. The average molecular weight is 241 g/mol. The van der Waals surface area contributed by atoms with Crippen molar-refractivity contribution in [3.05, 3.63) is 0 Å². The predicted molar refractivity (Wildman–Crippen MR) is 75.2 cm³/mol. The maximum atomic E-state index is 6.33. The second kappa shape index (κ2) is 6.17. The number of likely N-dealkylation sites (N-methyl/N-ethyl adjacent to an activating group) is 1. The molecule has 0 radical (unpaired) electrons. The van der Waals surface area contributed by atoms with E-state index in [4.69, 9.17) is 5.73 Å². The van der Waals surface area contributed by atoms with Gasteiger partial charge in [0.2, 0.25) is 0 Å². The fourth-order valence-electron chi connectivity index (χ4n) is 2.45. The first kappa shape index (κ1) is 14.9. The summed E-state index contributed by atoms with van der Waals surface area (Å²) in [5.74, 6) is 0. The number of hydrogen-bond donors (Lipinski definition) is 1. The van der Waals surface area contributed by atoms with Gasteiger partial charge in [0.05, 0.1) is 0 Å². The van der Waals surface area contributed by atoms with Crippen LogP contribution in [0.3, 0.4) is 0 Å². The van der Waals surface area contributed by atoms with E-state index < -0.39 is 0 Å². The summed E-state index contributed by atoms with van der Waals surface area (Å²) in [6.45, 7) is 13.7. The summed E-state index contributed by atoms with van der Waals surface area (Å²) < 4.78 is 0. The minimum absolute atomic E-state index is 0.205. The number of hydrogen-bond acceptors (Lipinski definition) is 3. The highest BCUT2D eigenvalue weighted by atomic mass is 15.2. The highest BCUT2D eigenvalue weighted by Crippen LogP contribution is 2.20. The van der Waals surface area contributed by atoms with Crippen molar-refractivity contribution in [2.75, 3.05) is 33.2 Å². The zero-order chi connectivity index (χ0) is 13.1. The molecule has 102 valence electrons. The third kappa shape index (κ3) is 4.57. The molecule has 2 unspecified atom stereocenters. The van der Waals surface area contributed by atoms with E-state index in [2.05, 4.69) is 44.5 Å². The maximum absolute atomic E-state index is 6.33. The first-order valence-corrected chi connectivity index (χ1v) is 7.02. The third-order valence-corrected chi connectivity index (χ3v) is 4.04. The van der Waals surface area contributed by atoms with Crippen LogP contribution in [0.4, 0.5) is 0 Å². The Balaban J connectivity index is 2.60. The number of nitrogens with two attached hydrogens (primary N) is 1. The Morgan fingerprint density at radius 2 is 1.94 bits per heavy atom. The molecular weight excluding hydrogens is 210 g/mol. The van der Waals surface area contributed by atoms with Gasteiger partial charge in [0, 0.05) is 25.2 Å². The van der Waals surface area contributed by atoms with E-state index in [1.807, 2.05) is 0 Å². The molecule has 1 aliphatic heterocycles. The summed E-state index contributed by atoms with van der Waals surface area (Å²) in [5, 5.41) is 0. The Labute approximate surface area is 107 Å². The molecule has 1 aliphatic rings. The van der Waals surface area contributed by atoms with Gasteiger partial charge in [0.15, 0.2) is 0 Å². The lowest BCUT2D eigenvalue weighted by atomic mass is 9.87. The molecule has 0 amide bonds.